The minimum absolute atomic E-state index is 0.147. The van der Waals surface area contributed by atoms with Gasteiger partial charge in [-0.15, -0.1) is 5.10 Å². The monoisotopic (exact) mass is 372 g/mol. The molecule has 4 aromatic heterocycles. The molecule has 138 valence electrons. The molecule has 0 aliphatic carbocycles. The van der Waals surface area contributed by atoms with Crippen LogP contribution in [0.1, 0.15) is 18.7 Å². The van der Waals surface area contributed by atoms with Crippen molar-refractivity contribution in [3.05, 3.63) is 48.5 Å². The van der Waals surface area contributed by atoms with Crippen molar-refractivity contribution in [2.45, 2.75) is 19.6 Å². The summed E-state index contributed by atoms with van der Waals surface area (Å²) in [4.78, 5) is 13.2. The van der Waals surface area contributed by atoms with Crippen LogP contribution in [0.4, 0.5) is 20.4 Å². The zero-order valence-corrected chi connectivity index (χ0v) is 14.0. The Hall–Kier alpha value is -3.63. The Morgan fingerprint density at radius 1 is 1.22 bits per heavy atom. The maximum absolute atomic E-state index is 12.2. The molecule has 4 rings (SSSR count). The first-order valence-electron chi connectivity index (χ1n) is 7.98. The summed E-state index contributed by atoms with van der Waals surface area (Å²) in [5.41, 5.74) is 2.02. The van der Waals surface area contributed by atoms with E-state index in [9.17, 15) is 8.78 Å². The lowest BCUT2D eigenvalue weighted by Crippen LogP contribution is -2.11. The first kappa shape index (κ1) is 16.8. The molecule has 4 heterocycles. The van der Waals surface area contributed by atoms with Gasteiger partial charge in [0.2, 0.25) is 5.88 Å². The van der Waals surface area contributed by atoms with Crippen LogP contribution in [0.15, 0.2) is 42.9 Å². The number of hydrogen-bond donors (Lipinski definition) is 2. The molecule has 0 aliphatic rings. The van der Waals surface area contributed by atoms with Gasteiger partial charge in [0.05, 0.1) is 24.1 Å². The van der Waals surface area contributed by atoms with E-state index >= 15 is 0 Å². The number of nitrogens with zero attached hydrogens (tertiary/aromatic N) is 6. The summed E-state index contributed by atoms with van der Waals surface area (Å²) in [6.45, 7) is -0.987. The lowest BCUT2D eigenvalue weighted by Gasteiger charge is -2.12. The summed E-state index contributed by atoms with van der Waals surface area (Å²) in [5.74, 6) is 0.503. The summed E-state index contributed by atoms with van der Waals surface area (Å²) in [5, 5.41) is 13.4. The first-order valence-corrected chi connectivity index (χ1v) is 7.98. The fourth-order valence-corrected chi connectivity index (χ4v) is 2.57. The van der Waals surface area contributed by atoms with E-state index in [-0.39, 0.29) is 11.9 Å². The molecule has 2 N–H and O–H groups in total. The van der Waals surface area contributed by atoms with Crippen molar-refractivity contribution in [1.82, 2.24) is 34.9 Å². The van der Waals surface area contributed by atoms with Crippen LogP contribution in [0.2, 0.25) is 0 Å². The summed E-state index contributed by atoms with van der Waals surface area (Å²) in [7, 11) is 0. The SMILES string of the molecule is CC(c1ccccn1)n1ncc2ncc(Nc3cc(OC(F)F)n[nH]3)nc21. The number of aromatic amines is 1. The lowest BCUT2D eigenvalue weighted by atomic mass is 10.2. The van der Waals surface area contributed by atoms with Crippen molar-refractivity contribution in [2.75, 3.05) is 5.32 Å². The van der Waals surface area contributed by atoms with Gasteiger partial charge in [0.15, 0.2) is 11.5 Å². The van der Waals surface area contributed by atoms with Crippen LogP contribution in [-0.2, 0) is 0 Å². The average molecular weight is 372 g/mol. The van der Waals surface area contributed by atoms with Gasteiger partial charge in [-0.05, 0) is 19.1 Å². The number of nitrogens with one attached hydrogen (secondary N) is 2. The second kappa shape index (κ2) is 6.94. The minimum atomic E-state index is -2.94. The predicted octanol–water partition coefficient (Wildman–Crippen LogP) is 2.90. The van der Waals surface area contributed by atoms with Gasteiger partial charge in [-0.2, -0.15) is 13.9 Å². The molecule has 0 aliphatic heterocycles. The predicted molar refractivity (Wildman–Crippen MR) is 91.9 cm³/mol. The molecule has 0 amide bonds. The second-order valence-corrected chi connectivity index (χ2v) is 5.61. The molecular weight excluding hydrogens is 358 g/mol. The molecule has 9 nitrogen and oxygen atoms in total. The zero-order chi connectivity index (χ0) is 18.8. The van der Waals surface area contributed by atoms with Crippen LogP contribution >= 0.6 is 0 Å². The number of pyridine rings is 1. The molecule has 0 saturated carbocycles. The Labute approximate surface area is 151 Å². The smallest absolute Gasteiger partial charge is 0.388 e. The van der Waals surface area contributed by atoms with Crippen LogP contribution in [-0.4, -0.2) is 41.5 Å². The number of halogens is 2. The highest BCUT2D eigenvalue weighted by molar-refractivity contribution is 5.72. The Morgan fingerprint density at radius 2 is 2.11 bits per heavy atom. The number of hydrogen-bond acceptors (Lipinski definition) is 7. The molecule has 1 atom stereocenters. The third-order valence-electron chi connectivity index (χ3n) is 3.81. The molecule has 0 radical (unpaired) electrons. The van der Waals surface area contributed by atoms with Crippen LogP contribution in [0.25, 0.3) is 11.2 Å². The van der Waals surface area contributed by atoms with E-state index in [2.05, 4.69) is 40.3 Å². The number of aromatic nitrogens is 7. The molecule has 0 bridgehead atoms. The van der Waals surface area contributed by atoms with Crippen molar-refractivity contribution in [3.63, 3.8) is 0 Å². The van der Waals surface area contributed by atoms with Crippen molar-refractivity contribution in [3.8, 4) is 5.88 Å². The van der Waals surface area contributed by atoms with E-state index in [1.165, 1.54) is 12.3 Å². The van der Waals surface area contributed by atoms with Crippen LogP contribution < -0.4 is 10.1 Å². The van der Waals surface area contributed by atoms with Gasteiger partial charge >= 0.3 is 6.61 Å². The number of ether oxygens (including phenoxy) is 1. The van der Waals surface area contributed by atoms with E-state index in [1.807, 2.05) is 25.1 Å². The number of rotatable bonds is 6. The fourth-order valence-electron chi connectivity index (χ4n) is 2.57. The number of anilines is 2. The molecule has 0 saturated heterocycles. The molecule has 27 heavy (non-hydrogen) atoms. The first-order chi connectivity index (χ1) is 13.1. The molecule has 0 fully saturated rings. The highest BCUT2D eigenvalue weighted by Gasteiger charge is 2.16. The summed E-state index contributed by atoms with van der Waals surface area (Å²) in [6.07, 6.45) is 4.85. The summed E-state index contributed by atoms with van der Waals surface area (Å²) >= 11 is 0. The van der Waals surface area contributed by atoms with Gasteiger partial charge < -0.3 is 10.1 Å². The maximum Gasteiger partial charge on any atom is 0.388 e. The van der Waals surface area contributed by atoms with E-state index < -0.39 is 6.61 Å². The van der Waals surface area contributed by atoms with E-state index in [1.54, 1.807) is 17.1 Å². The van der Waals surface area contributed by atoms with E-state index in [4.69, 9.17) is 0 Å². The topological polar surface area (TPSA) is 106 Å². The third kappa shape index (κ3) is 3.52. The Kier molecular flexibility index (Phi) is 4.32. The molecule has 1 unspecified atom stereocenters. The fraction of sp³-hybridized carbons (Fsp3) is 0.188. The minimum Gasteiger partial charge on any atom is -0.415 e. The lowest BCUT2D eigenvalue weighted by molar-refractivity contribution is -0.0528. The Bertz CT molecular complexity index is 1050. The Morgan fingerprint density at radius 3 is 2.89 bits per heavy atom. The normalized spacial score (nSPS) is 12.4. The van der Waals surface area contributed by atoms with Gasteiger partial charge in [-0.3, -0.25) is 10.1 Å². The zero-order valence-electron chi connectivity index (χ0n) is 14.0. The van der Waals surface area contributed by atoms with Crippen molar-refractivity contribution < 1.29 is 13.5 Å². The Balaban J connectivity index is 1.61. The van der Waals surface area contributed by atoms with Gasteiger partial charge in [-0.1, -0.05) is 6.07 Å². The highest BCUT2D eigenvalue weighted by Crippen LogP contribution is 2.22. The molecule has 0 spiro atoms. The molecule has 0 aromatic carbocycles. The van der Waals surface area contributed by atoms with E-state index in [0.29, 0.717) is 22.8 Å². The van der Waals surface area contributed by atoms with Crippen molar-refractivity contribution in [1.29, 1.82) is 0 Å². The van der Waals surface area contributed by atoms with Crippen LogP contribution in [0.3, 0.4) is 0 Å². The number of H-pyrrole nitrogens is 1. The van der Waals surface area contributed by atoms with Gasteiger partial charge in [-0.25, -0.2) is 14.6 Å². The highest BCUT2D eigenvalue weighted by atomic mass is 19.3. The van der Waals surface area contributed by atoms with E-state index in [0.717, 1.165) is 5.69 Å². The quantitative estimate of drug-likeness (QED) is 0.536. The maximum atomic E-state index is 12.2. The summed E-state index contributed by atoms with van der Waals surface area (Å²) in [6, 6.07) is 6.80. The standard InChI is InChI=1S/C16H14F2N8O/c1-9(10-4-2-3-5-19-10)26-15-11(7-21-26)20-8-13(23-15)22-12-6-14(25-24-12)27-16(17)18/h2-9,16H,1H3,(H2,22,23,24,25). The van der Waals surface area contributed by atoms with Crippen LogP contribution in [0, 0.1) is 0 Å². The van der Waals surface area contributed by atoms with Crippen molar-refractivity contribution >= 4 is 22.8 Å². The molecule has 4 aromatic rings. The molecular formula is C16H14F2N8O. The number of fused-ring (bicyclic) bond motifs is 1. The average Bonchev–Trinajstić information content (AvgIpc) is 3.28. The van der Waals surface area contributed by atoms with Crippen molar-refractivity contribution in [2.24, 2.45) is 0 Å². The number of alkyl halides is 2. The van der Waals surface area contributed by atoms with Gasteiger partial charge in [0, 0.05) is 12.3 Å². The van der Waals surface area contributed by atoms with Crippen LogP contribution in [0.5, 0.6) is 5.88 Å². The summed E-state index contributed by atoms with van der Waals surface area (Å²) < 4.78 is 30.4. The second-order valence-electron chi connectivity index (χ2n) is 5.61. The molecule has 11 heteroatoms. The largest absolute Gasteiger partial charge is 0.415 e. The van der Waals surface area contributed by atoms with Gasteiger partial charge in [0.1, 0.15) is 11.3 Å². The van der Waals surface area contributed by atoms with Gasteiger partial charge in [0.25, 0.3) is 0 Å². The third-order valence-corrected chi connectivity index (χ3v) is 3.81.